The molecule has 1 aromatic heterocycles. The van der Waals surface area contributed by atoms with E-state index in [4.69, 9.17) is 16.7 Å². The Kier molecular flexibility index (Phi) is 7.68. The van der Waals surface area contributed by atoms with Crippen LogP contribution in [0.3, 0.4) is 0 Å². The van der Waals surface area contributed by atoms with Gasteiger partial charge in [0.1, 0.15) is 0 Å². The maximum absolute atomic E-state index is 13.0. The van der Waals surface area contributed by atoms with E-state index < -0.39 is 11.5 Å². The number of aliphatic hydroxyl groups excluding tert-OH is 2. The molecule has 3 atom stereocenters. The summed E-state index contributed by atoms with van der Waals surface area (Å²) in [5.41, 5.74) is 0.215. The molecule has 2 unspecified atom stereocenters. The Hall–Kier alpha value is -2.60. The molecular formula is C24H32ClN5O3. The van der Waals surface area contributed by atoms with Crippen molar-refractivity contribution in [2.45, 2.75) is 51.7 Å². The number of nitrogens with one attached hydrogen (secondary N) is 1. The number of anilines is 1. The number of nitrogens with zero attached hydrogens (tertiary/aromatic N) is 4. The fourth-order valence-corrected chi connectivity index (χ4v) is 4.65. The quantitative estimate of drug-likeness (QED) is 0.592. The van der Waals surface area contributed by atoms with Crippen molar-refractivity contribution in [3.05, 3.63) is 47.1 Å². The van der Waals surface area contributed by atoms with Crippen molar-refractivity contribution in [1.29, 1.82) is 5.26 Å². The lowest BCUT2D eigenvalue weighted by Crippen LogP contribution is -2.53. The Labute approximate surface area is 199 Å². The zero-order chi connectivity index (χ0) is 24.2. The molecule has 1 aromatic carbocycles. The molecule has 178 valence electrons. The third-order valence-corrected chi connectivity index (χ3v) is 6.35. The minimum atomic E-state index is -0.916. The second kappa shape index (κ2) is 10.1. The molecule has 1 fully saturated rings. The van der Waals surface area contributed by atoms with Gasteiger partial charge in [0, 0.05) is 30.4 Å². The van der Waals surface area contributed by atoms with Crippen LogP contribution in [-0.4, -0.2) is 56.7 Å². The maximum Gasteiger partial charge on any atom is 0.323 e. The second-order valence-corrected chi connectivity index (χ2v) is 10.4. The van der Waals surface area contributed by atoms with Crippen molar-refractivity contribution in [3.8, 4) is 6.07 Å². The van der Waals surface area contributed by atoms with Crippen molar-refractivity contribution in [2.75, 3.05) is 25.0 Å². The van der Waals surface area contributed by atoms with Gasteiger partial charge in [0.15, 0.2) is 5.82 Å². The first kappa shape index (κ1) is 25.0. The third-order valence-electron chi connectivity index (χ3n) is 6.10. The standard InChI is InChI=1S/C24H32ClN5O3/c1-23(2,3)12-18-13-29(11-9-24(18,16-26)17-4-6-19(25)7-5-17)22(33)27-21-8-10-30(28-21)14-20(32)15-31/h4-8,10,18,20,31-32H,9,11-15H2,1-3H3,(H,27,28,33)/t18?,20-,24?/m1/s1. The number of carbonyl (C=O) groups excluding carboxylic acids is 1. The number of urea groups is 1. The van der Waals surface area contributed by atoms with E-state index in [1.54, 1.807) is 17.2 Å². The Morgan fingerprint density at radius 1 is 1.36 bits per heavy atom. The highest BCUT2D eigenvalue weighted by atomic mass is 35.5. The van der Waals surface area contributed by atoms with Gasteiger partial charge >= 0.3 is 6.03 Å². The first-order valence-corrected chi connectivity index (χ1v) is 11.5. The van der Waals surface area contributed by atoms with Gasteiger partial charge in [-0.3, -0.25) is 10.00 Å². The Balaban J connectivity index is 1.78. The normalized spacial score (nSPS) is 22.0. The van der Waals surface area contributed by atoms with Gasteiger partial charge in [0.2, 0.25) is 0 Å². The Morgan fingerprint density at radius 3 is 2.67 bits per heavy atom. The summed E-state index contributed by atoms with van der Waals surface area (Å²) in [5, 5.41) is 36.6. The van der Waals surface area contributed by atoms with E-state index in [1.807, 2.05) is 24.3 Å². The molecule has 0 spiro atoms. The molecule has 1 aliphatic rings. The molecule has 0 radical (unpaired) electrons. The van der Waals surface area contributed by atoms with Crippen molar-refractivity contribution in [2.24, 2.45) is 11.3 Å². The molecule has 0 bridgehead atoms. The number of benzene rings is 1. The number of carbonyl (C=O) groups is 1. The highest BCUT2D eigenvalue weighted by Crippen LogP contribution is 2.44. The molecule has 3 N–H and O–H groups in total. The van der Waals surface area contributed by atoms with Crippen LogP contribution in [0, 0.1) is 22.7 Å². The predicted molar refractivity (Wildman–Crippen MR) is 127 cm³/mol. The van der Waals surface area contributed by atoms with Gasteiger partial charge in [-0.05, 0) is 41.9 Å². The molecule has 2 amide bonds. The van der Waals surface area contributed by atoms with Crippen LogP contribution in [-0.2, 0) is 12.0 Å². The summed E-state index contributed by atoms with van der Waals surface area (Å²) in [5.74, 6) is 0.313. The van der Waals surface area contributed by atoms with Crippen molar-refractivity contribution >= 4 is 23.4 Å². The number of halogens is 1. The average molecular weight is 474 g/mol. The molecular weight excluding hydrogens is 442 g/mol. The number of amides is 2. The molecule has 8 nitrogen and oxygen atoms in total. The van der Waals surface area contributed by atoms with Crippen molar-refractivity contribution in [3.63, 3.8) is 0 Å². The minimum Gasteiger partial charge on any atom is -0.394 e. The van der Waals surface area contributed by atoms with Crippen LogP contribution in [0.2, 0.25) is 5.02 Å². The van der Waals surface area contributed by atoms with E-state index >= 15 is 0 Å². The maximum atomic E-state index is 13.0. The van der Waals surface area contributed by atoms with Crippen molar-refractivity contribution < 1.29 is 15.0 Å². The molecule has 1 aliphatic heterocycles. The Bertz CT molecular complexity index is 995. The highest BCUT2D eigenvalue weighted by molar-refractivity contribution is 6.30. The Morgan fingerprint density at radius 2 is 2.06 bits per heavy atom. The molecule has 1 saturated heterocycles. The highest BCUT2D eigenvalue weighted by Gasteiger charge is 2.47. The van der Waals surface area contributed by atoms with Crippen LogP contribution in [0.5, 0.6) is 0 Å². The summed E-state index contributed by atoms with van der Waals surface area (Å²) in [4.78, 5) is 14.8. The number of piperidine rings is 1. The largest absolute Gasteiger partial charge is 0.394 e. The first-order chi connectivity index (χ1) is 15.6. The lowest BCUT2D eigenvalue weighted by atomic mass is 9.63. The van der Waals surface area contributed by atoms with Crippen LogP contribution in [0.15, 0.2) is 36.5 Å². The topological polar surface area (TPSA) is 114 Å². The number of nitriles is 1. The van der Waals surface area contributed by atoms with Crippen molar-refractivity contribution in [1.82, 2.24) is 14.7 Å². The smallest absolute Gasteiger partial charge is 0.323 e. The second-order valence-electron chi connectivity index (χ2n) is 9.94. The van der Waals surface area contributed by atoms with Crippen LogP contribution in [0.4, 0.5) is 10.6 Å². The zero-order valence-corrected chi connectivity index (χ0v) is 20.1. The lowest BCUT2D eigenvalue weighted by Gasteiger charge is -2.46. The monoisotopic (exact) mass is 473 g/mol. The number of rotatable bonds is 6. The van der Waals surface area contributed by atoms with Gasteiger partial charge < -0.3 is 15.1 Å². The molecule has 0 saturated carbocycles. The van der Waals surface area contributed by atoms with Gasteiger partial charge in [-0.1, -0.05) is 44.5 Å². The number of hydrogen-bond acceptors (Lipinski definition) is 5. The number of likely N-dealkylation sites (tertiary alicyclic amines) is 1. The van der Waals surface area contributed by atoms with Crippen LogP contribution >= 0.6 is 11.6 Å². The van der Waals surface area contributed by atoms with Gasteiger partial charge in [-0.2, -0.15) is 10.4 Å². The minimum absolute atomic E-state index is 0.0228. The summed E-state index contributed by atoms with van der Waals surface area (Å²) in [7, 11) is 0. The molecule has 0 aliphatic carbocycles. The van der Waals surface area contributed by atoms with Gasteiger partial charge in [-0.25, -0.2) is 4.79 Å². The third kappa shape index (κ3) is 6.05. The summed E-state index contributed by atoms with van der Waals surface area (Å²) in [6, 6.07) is 11.4. The SMILES string of the molecule is CC(C)(C)CC1CN(C(=O)Nc2ccn(C[C@@H](O)CO)n2)CCC1(C#N)c1ccc(Cl)cc1. The first-order valence-electron chi connectivity index (χ1n) is 11.1. The van der Waals surface area contributed by atoms with Crippen LogP contribution in [0.1, 0.15) is 39.2 Å². The predicted octanol–water partition coefficient (Wildman–Crippen LogP) is 3.64. The van der Waals surface area contributed by atoms with E-state index in [0.29, 0.717) is 30.4 Å². The summed E-state index contributed by atoms with van der Waals surface area (Å²) >= 11 is 6.08. The van der Waals surface area contributed by atoms with Gasteiger partial charge in [-0.15, -0.1) is 0 Å². The number of aromatic nitrogens is 2. The average Bonchev–Trinajstić information content (AvgIpc) is 3.19. The van der Waals surface area contributed by atoms with Gasteiger partial charge in [0.25, 0.3) is 0 Å². The molecule has 2 heterocycles. The summed E-state index contributed by atoms with van der Waals surface area (Å²) in [6.45, 7) is 7.08. The molecule has 2 aromatic rings. The number of aliphatic hydroxyl groups is 2. The lowest BCUT2D eigenvalue weighted by molar-refractivity contribution is 0.0783. The molecule has 9 heteroatoms. The van der Waals surface area contributed by atoms with E-state index in [-0.39, 0.29) is 30.5 Å². The van der Waals surface area contributed by atoms with E-state index in [0.717, 1.165) is 12.0 Å². The van der Waals surface area contributed by atoms with Crippen LogP contribution in [0.25, 0.3) is 0 Å². The molecule has 3 rings (SSSR count). The summed E-state index contributed by atoms with van der Waals surface area (Å²) in [6.07, 6.45) is 2.02. The molecule has 33 heavy (non-hydrogen) atoms. The zero-order valence-electron chi connectivity index (χ0n) is 19.3. The van der Waals surface area contributed by atoms with E-state index in [2.05, 4.69) is 37.3 Å². The van der Waals surface area contributed by atoms with Gasteiger partial charge in [0.05, 0.1) is 30.7 Å². The summed E-state index contributed by atoms with van der Waals surface area (Å²) < 4.78 is 1.47. The fourth-order valence-electron chi connectivity index (χ4n) is 4.52. The van der Waals surface area contributed by atoms with E-state index in [1.165, 1.54) is 4.68 Å². The van der Waals surface area contributed by atoms with Crippen LogP contribution < -0.4 is 5.32 Å². The fraction of sp³-hybridized carbons (Fsp3) is 0.542. The number of hydrogen-bond donors (Lipinski definition) is 3. The van der Waals surface area contributed by atoms with E-state index in [9.17, 15) is 15.2 Å².